The fraction of sp³-hybridized carbons (Fsp3) is 0.105. The van der Waals surface area contributed by atoms with Crippen molar-refractivity contribution in [3.8, 4) is 11.5 Å². The van der Waals surface area contributed by atoms with Gasteiger partial charge in [-0.3, -0.25) is 4.79 Å². The molecule has 138 valence electrons. The summed E-state index contributed by atoms with van der Waals surface area (Å²) in [5.74, 6) is 1.11. The van der Waals surface area contributed by atoms with Crippen LogP contribution in [0.25, 0.3) is 0 Å². The van der Waals surface area contributed by atoms with Gasteiger partial charge in [0, 0.05) is 28.2 Å². The Morgan fingerprint density at radius 2 is 1.96 bits per heavy atom. The molecule has 1 heterocycles. The lowest BCUT2D eigenvalue weighted by Gasteiger charge is -2.13. The fourth-order valence-corrected chi connectivity index (χ4v) is 2.63. The second-order valence-corrected chi connectivity index (χ2v) is 6.62. The van der Waals surface area contributed by atoms with E-state index in [1.807, 2.05) is 19.1 Å². The van der Waals surface area contributed by atoms with Gasteiger partial charge in [0.05, 0.1) is 0 Å². The molecule has 3 N–H and O–H groups in total. The molecule has 3 aromatic rings. The molecule has 0 bridgehead atoms. The first-order chi connectivity index (χ1) is 12.9. The van der Waals surface area contributed by atoms with Crippen molar-refractivity contribution in [1.82, 2.24) is 9.97 Å². The molecule has 0 aliphatic rings. The zero-order valence-electron chi connectivity index (χ0n) is 14.4. The average molecular weight is 403 g/mol. The van der Waals surface area contributed by atoms with Crippen LogP contribution in [0.2, 0.25) is 10.0 Å². The van der Waals surface area contributed by atoms with Crippen LogP contribution in [-0.2, 0) is 6.54 Å². The van der Waals surface area contributed by atoms with Gasteiger partial charge in [-0.25, -0.2) is 9.97 Å². The fourth-order valence-electron chi connectivity index (χ4n) is 2.35. The van der Waals surface area contributed by atoms with Crippen LogP contribution < -0.4 is 15.8 Å². The zero-order chi connectivity index (χ0) is 19.4. The van der Waals surface area contributed by atoms with Crippen LogP contribution >= 0.6 is 23.2 Å². The van der Waals surface area contributed by atoms with E-state index in [1.54, 1.807) is 24.3 Å². The van der Waals surface area contributed by atoms with E-state index in [4.69, 9.17) is 33.7 Å². The zero-order valence-corrected chi connectivity index (χ0v) is 15.9. The molecule has 0 saturated heterocycles. The van der Waals surface area contributed by atoms with Crippen LogP contribution in [0.4, 0.5) is 5.82 Å². The Kier molecular flexibility index (Phi) is 5.78. The molecule has 0 aliphatic carbocycles. The molecule has 0 aliphatic heterocycles. The number of ether oxygens (including phenoxy) is 1. The molecule has 0 saturated carbocycles. The number of carbonyl (C=O) groups is 1. The van der Waals surface area contributed by atoms with E-state index in [9.17, 15) is 4.79 Å². The monoisotopic (exact) mass is 402 g/mol. The minimum atomic E-state index is -0.617. The number of rotatable bonds is 6. The highest BCUT2D eigenvalue weighted by Gasteiger charge is 2.09. The smallest absolute Gasteiger partial charge is 0.267 e. The Morgan fingerprint density at radius 3 is 2.70 bits per heavy atom. The van der Waals surface area contributed by atoms with Crippen LogP contribution in [0.1, 0.15) is 21.6 Å². The van der Waals surface area contributed by atoms with Crippen molar-refractivity contribution in [2.24, 2.45) is 5.73 Å². The summed E-state index contributed by atoms with van der Waals surface area (Å²) in [6.45, 7) is 2.30. The van der Waals surface area contributed by atoms with Crippen LogP contribution in [0.3, 0.4) is 0 Å². The molecule has 3 rings (SSSR count). The number of amides is 1. The first-order valence-corrected chi connectivity index (χ1v) is 8.76. The Balaban J connectivity index is 1.80. The van der Waals surface area contributed by atoms with E-state index in [2.05, 4.69) is 15.3 Å². The molecule has 0 atom stereocenters. The van der Waals surface area contributed by atoms with Crippen LogP contribution in [-0.4, -0.2) is 15.9 Å². The van der Waals surface area contributed by atoms with Crippen molar-refractivity contribution in [2.45, 2.75) is 13.5 Å². The van der Waals surface area contributed by atoms with Gasteiger partial charge in [0.25, 0.3) is 5.91 Å². The largest absolute Gasteiger partial charge is 0.457 e. The third-order valence-corrected chi connectivity index (χ3v) is 4.43. The minimum absolute atomic E-state index is 0.136. The van der Waals surface area contributed by atoms with Gasteiger partial charge in [0.1, 0.15) is 29.3 Å². The van der Waals surface area contributed by atoms with Gasteiger partial charge < -0.3 is 15.8 Å². The third kappa shape index (κ3) is 4.87. The van der Waals surface area contributed by atoms with E-state index in [0.717, 1.165) is 11.1 Å². The quantitative estimate of drug-likeness (QED) is 0.628. The number of aromatic nitrogens is 2. The maximum absolute atomic E-state index is 11.2. The molecule has 1 amide bonds. The number of anilines is 1. The third-order valence-electron chi connectivity index (χ3n) is 3.77. The van der Waals surface area contributed by atoms with Crippen LogP contribution in [0.5, 0.6) is 11.5 Å². The number of aryl methyl sites for hydroxylation is 1. The Hall–Kier alpha value is -2.83. The molecular weight excluding hydrogens is 387 g/mol. The summed E-state index contributed by atoms with van der Waals surface area (Å²) in [6.07, 6.45) is 1.28. The Labute approximate surface area is 166 Å². The van der Waals surface area contributed by atoms with E-state index < -0.39 is 5.91 Å². The highest BCUT2D eigenvalue weighted by molar-refractivity contribution is 6.31. The highest BCUT2D eigenvalue weighted by atomic mass is 35.5. The van der Waals surface area contributed by atoms with Crippen molar-refractivity contribution >= 4 is 34.9 Å². The van der Waals surface area contributed by atoms with E-state index in [-0.39, 0.29) is 5.69 Å². The van der Waals surface area contributed by atoms with E-state index >= 15 is 0 Å². The van der Waals surface area contributed by atoms with E-state index in [0.29, 0.717) is 33.9 Å². The van der Waals surface area contributed by atoms with Gasteiger partial charge in [-0.05, 0) is 42.8 Å². The van der Waals surface area contributed by atoms with Crippen molar-refractivity contribution in [2.75, 3.05) is 5.32 Å². The normalized spacial score (nSPS) is 10.5. The second-order valence-electron chi connectivity index (χ2n) is 5.77. The summed E-state index contributed by atoms with van der Waals surface area (Å²) in [5.41, 5.74) is 7.14. The summed E-state index contributed by atoms with van der Waals surface area (Å²) in [5, 5.41) is 4.34. The highest BCUT2D eigenvalue weighted by Crippen LogP contribution is 2.31. The molecule has 8 heteroatoms. The standard InChI is InChI=1S/C19H16Cl2N4O2/c1-11-6-14(4-5-15(11)21)27-17-7-13(20)3-2-12(17)9-23-18-8-16(19(22)26)24-10-25-18/h2-8,10H,9H2,1H3,(H2,22,26)(H,23,24,25). The first-order valence-electron chi connectivity index (χ1n) is 8.00. The molecule has 1 aromatic heterocycles. The number of nitrogens with zero attached hydrogens (tertiary/aromatic N) is 2. The number of benzene rings is 2. The lowest BCUT2D eigenvalue weighted by Crippen LogP contribution is -2.14. The predicted molar refractivity (Wildman–Crippen MR) is 106 cm³/mol. The summed E-state index contributed by atoms with van der Waals surface area (Å²) in [6, 6.07) is 12.3. The van der Waals surface area contributed by atoms with Gasteiger partial charge in [-0.15, -0.1) is 0 Å². The SMILES string of the molecule is Cc1cc(Oc2cc(Cl)ccc2CNc2cc(C(N)=O)ncn2)ccc1Cl. The topological polar surface area (TPSA) is 90.1 Å². The lowest BCUT2D eigenvalue weighted by atomic mass is 10.2. The molecule has 0 spiro atoms. The average Bonchev–Trinajstić information content (AvgIpc) is 2.64. The van der Waals surface area contributed by atoms with Gasteiger partial charge in [-0.2, -0.15) is 0 Å². The number of hydrogen-bond donors (Lipinski definition) is 2. The Bertz CT molecular complexity index is 995. The van der Waals surface area contributed by atoms with Crippen molar-refractivity contribution in [1.29, 1.82) is 0 Å². The summed E-state index contributed by atoms with van der Waals surface area (Å²) < 4.78 is 5.99. The minimum Gasteiger partial charge on any atom is -0.457 e. The summed E-state index contributed by atoms with van der Waals surface area (Å²) in [7, 11) is 0. The number of carbonyl (C=O) groups excluding carboxylic acids is 1. The van der Waals surface area contributed by atoms with Gasteiger partial charge in [0.2, 0.25) is 0 Å². The Morgan fingerprint density at radius 1 is 1.15 bits per heavy atom. The predicted octanol–water partition coefficient (Wildman–Crippen LogP) is 4.60. The molecule has 6 nitrogen and oxygen atoms in total. The summed E-state index contributed by atoms with van der Waals surface area (Å²) >= 11 is 12.2. The molecule has 0 fully saturated rings. The molecule has 27 heavy (non-hydrogen) atoms. The van der Waals surface area contributed by atoms with Crippen molar-refractivity contribution in [3.05, 3.63) is 75.7 Å². The maximum Gasteiger partial charge on any atom is 0.267 e. The lowest BCUT2D eigenvalue weighted by molar-refractivity contribution is 0.0995. The number of primary amides is 1. The number of nitrogens with two attached hydrogens (primary N) is 1. The summed E-state index contributed by atoms with van der Waals surface area (Å²) in [4.78, 5) is 19.1. The first kappa shape index (κ1) is 18.9. The molecule has 0 unspecified atom stereocenters. The van der Waals surface area contributed by atoms with Crippen LogP contribution in [0, 0.1) is 6.92 Å². The van der Waals surface area contributed by atoms with Crippen molar-refractivity contribution < 1.29 is 9.53 Å². The maximum atomic E-state index is 11.2. The molecule has 2 aromatic carbocycles. The number of halogens is 2. The second kappa shape index (κ2) is 8.24. The van der Waals surface area contributed by atoms with Gasteiger partial charge >= 0.3 is 0 Å². The van der Waals surface area contributed by atoms with Crippen LogP contribution in [0.15, 0.2) is 48.8 Å². The number of hydrogen-bond acceptors (Lipinski definition) is 5. The molecular formula is C19H16Cl2N4O2. The molecule has 0 radical (unpaired) electrons. The number of nitrogens with one attached hydrogen (secondary N) is 1. The van der Waals surface area contributed by atoms with Gasteiger partial charge in [-0.1, -0.05) is 29.3 Å². The van der Waals surface area contributed by atoms with E-state index in [1.165, 1.54) is 12.4 Å². The van der Waals surface area contributed by atoms with Crippen molar-refractivity contribution in [3.63, 3.8) is 0 Å². The van der Waals surface area contributed by atoms with Gasteiger partial charge in [0.15, 0.2) is 0 Å².